The van der Waals surface area contributed by atoms with Crippen molar-refractivity contribution in [1.29, 1.82) is 5.26 Å². The van der Waals surface area contributed by atoms with Gasteiger partial charge in [-0.2, -0.15) is 5.26 Å². The maximum atomic E-state index is 13.7. The molecule has 0 aliphatic rings. The molecule has 1 rings (SSSR count). The molecule has 0 heterocycles. The van der Waals surface area contributed by atoms with Gasteiger partial charge in [-0.3, -0.25) is 0 Å². The predicted octanol–water partition coefficient (Wildman–Crippen LogP) is 1.34. The summed E-state index contributed by atoms with van der Waals surface area (Å²) in [6.45, 7) is 0. The number of nitrogens with one attached hydrogen (secondary N) is 1. The van der Waals surface area contributed by atoms with Gasteiger partial charge in [0.2, 0.25) is 0 Å². The number of rotatable bonds is 4. The molecule has 6 nitrogen and oxygen atoms in total. The van der Waals surface area contributed by atoms with Crippen molar-refractivity contribution in [1.82, 2.24) is 0 Å². The van der Waals surface area contributed by atoms with E-state index in [1.807, 2.05) is 0 Å². The highest BCUT2D eigenvalue weighted by molar-refractivity contribution is 5.98. The average Bonchev–Trinajstić information content (AvgIpc) is 2.47. The number of methoxy groups -OCH3 is 2. The van der Waals surface area contributed by atoms with Crippen LogP contribution in [0, 0.1) is 17.1 Å². The summed E-state index contributed by atoms with van der Waals surface area (Å²) in [5, 5.41) is 11.0. The van der Waals surface area contributed by atoms with Gasteiger partial charge in [-0.25, -0.2) is 14.0 Å². The van der Waals surface area contributed by atoms with Gasteiger partial charge in [0.05, 0.1) is 37.6 Å². The lowest BCUT2D eigenvalue weighted by molar-refractivity contribution is -0.138. The highest BCUT2D eigenvalue weighted by atomic mass is 19.1. The number of ether oxygens (including phenoxy) is 2. The van der Waals surface area contributed by atoms with Crippen LogP contribution in [0.15, 0.2) is 30.0 Å². The summed E-state index contributed by atoms with van der Waals surface area (Å²) in [4.78, 5) is 22.6. The van der Waals surface area contributed by atoms with Gasteiger partial charge in [-0.15, -0.1) is 0 Å². The molecule has 0 saturated heterocycles. The molecule has 0 aliphatic carbocycles. The first-order chi connectivity index (χ1) is 9.51. The number of carbonyl (C=O) groups is 2. The van der Waals surface area contributed by atoms with Crippen molar-refractivity contribution in [3.05, 3.63) is 41.4 Å². The Bertz CT molecular complexity index is 605. The fourth-order valence-corrected chi connectivity index (χ4v) is 1.26. The van der Waals surface area contributed by atoms with E-state index in [2.05, 4.69) is 14.8 Å². The van der Waals surface area contributed by atoms with E-state index < -0.39 is 17.8 Å². The van der Waals surface area contributed by atoms with Crippen LogP contribution in [0.2, 0.25) is 0 Å². The van der Waals surface area contributed by atoms with Crippen LogP contribution in [0.3, 0.4) is 0 Å². The van der Waals surface area contributed by atoms with Crippen LogP contribution in [0.1, 0.15) is 5.56 Å². The van der Waals surface area contributed by atoms with E-state index in [4.69, 9.17) is 5.26 Å². The van der Waals surface area contributed by atoms with Crippen molar-refractivity contribution in [2.24, 2.45) is 0 Å². The first-order valence-electron chi connectivity index (χ1n) is 5.36. The van der Waals surface area contributed by atoms with Gasteiger partial charge in [0.15, 0.2) is 0 Å². The average molecular weight is 278 g/mol. The molecule has 0 fully saturated rings. The fourth-order valence-electron chi connectivity index (χ4n) is 1.26. The van der Waals surface area contributed by atoms with Crippen LogP contribution in [-0.2, 0) is 19.1 Å². The summed E-state index contributed by atoms with van der Waals surface area (Å²) >= 11 is 0. The van der Waals surface area contributed by atoms with Gasteiger partial charge in [0, 0.05) is 0 Å². The Morgan fingerprint density at radius 2 is 2.05 bits per heavy atom. The van der Waals surface area contributed by atoms with E-state index in [0.717, 1.165) is 26.4 Å². The number of anilines is 1. The lowest BCUT2D eigenvalue weighted by atomic mass is 10.2. The first kappa shape index (κ1) is 15.2. The molecule has 0 unspecified atom stereocenters. The molecule has 0 atom stereocenters. The fraction of sp³-hybridized carbons (Fsp3) is 0.154. The van der Waals surface area contributed by atoms with E-state index in [-0.39, 0.29) is 16.9 Å². The minimum atomic E-state index is -0.862. The van der Waals surface area contributed by atoms with Crippen molar-refractivity contribution in [3.63, 3.8) is 0 Å². The molecular weight excluding hydrogens is 267 g/mol. The minimum Gasteiger partial charge on any atom is -0.466 e. The Morgan fingerprint density at radius 3 is 2.55 bits per heavy atom. The number of carbonyl (C=O) groups excluding carboxylic acids is 2. The molecule has 20 heavy (non-hydrogen) atoms. The number of hydrogen-bond donors (Lipinski definition) is 1. The van der Waals surface area contributed by atoms with Crippen molar-refractivity contribution < 1.29 is 23.5 Å². The van der Waals surface area contributed by atoms with E-state index in [1.54, 1.807) is 6.07 Å². The van der Waals surface area contributed by atoms with Gasteiger partial charge < -0.3 is 14.8 Å². The van der Waals surface area contributed by atoms with Crippen molar-refractivity contribution >= 4 is 17.6 Å². The normalized spacial score (nSPS) is 10.4. The zero-order valence-electron chi connectivity index (χ0n) is 10.8. The minimum absolute atomic E-state index is 0.0791. The number of esters is 2. The second kappa shape index (κ2) is 6.89. The summed E-state index contributed by atoms with van der Waals surface area (Å²) in [6, 6.07) is 5.40. The molecule has 0 bridgehead atoms. The lowest BCUT2D eigenvalue weighted by Gasteiger charge is -2.09. The molecule has 7 heteroatoms. The van der Waals surface area contributed by atoms with Crippen molar-refractivity contribution in [3.8, 4) is 6.07 Å². The van der Waals surface area contributed by atoms with E-state index >= 15 is 0 Å². The van der Waals surface area contributed by atoms with Gasteiger partial charge in [-0.1, -0.05) is 0 Å². The summed E-state index contributed by atoms with van der Waals surface area (Å²) in [5.41, 5.74) is -0.239. The number of hydrogen-bond acceptors (Lipinski definition) is 6. The molecule has 1 aromatic carbocycles. The molecule has 0 aromatic heterocycles. The Morgan fingerprint density at radius 1 is 1.35 bits per heavy atom. The zero-order valence-corrected chi connectivity index (χ0v) is 10.8. The smallest absolute Gasteiger partial charge is 0.354 e. The first-order valence-corrected chi connectivity index (χ1v) is 5.36. The standard InChI is InChI=1S/C13H11FN2O4/c1-19-12(17)6-11(13(18)20-2)16-10-4-3-8(7-15)5-9(10)14/h3-6,16H,1-2H3/b11-6+. The number of benzene rings is 1. The monoisotopic (exact) mass is 278 g/mol. The SMILES string of the molecule is COC(=O)/C=C(/Nc1ccc(C#N)cc1F)C(=O)OC. The second-order valence-electron chi connectivity index (χ2n) is 3.50. The third kappa shape index (κ3) is 3.81. The van der Waals surface area contributed by atoms with E-state index in [0.29, 0.717) is 0 Å². The molecule has 1 N–H and O–H groups in total. The molecule has 0 spiro atoms. The van der Waals surface area contributed by atoms with E-state index in [9.17, 15) is 14.0 Å². The third-order valence-electron chi connectivity index (χ3n) is 2.24. The molecule has 0 radical (unpaired) electrons. The maximum Gasteiger partial charge on any atom is 0.354 e. The summed E-state index contributed by atoms with van der Waals surface area (Å²) in [7, 11) is 2.25. The highest BCUT2D eigenvalue weighted by Crippen LogP contribution is 2.17. The van der Waals surface area contributed by atoms with Crippen LogP contribution in [-0.4, -0.2) is 26.2 Å². The lowest BCUT2D eigenvalue weighted by Crippen LogP contribution is -2.16. The molecule has 1 aromatic rings. The quantitative estimate of drug-likeness (QED) is 0.660. The zero-order chi connectivity index (χ0) is 15.1. The second-order valence-corrected chi connectivity index (χ2v) is 3.50. The van der Waals surface area contributed by atoms with Gasteiger partial charge in [0.1, 0.15) is 11.5 Å². The van der Waals surface area contributed by atoms with Crippen LogP contribution >= 0.6 is 0 Å². The van der Waals surface area contributed by atoms with Crippen LogP contribution < -0.4 is 5.32 Å². The van der Waals surface area contributed by atoms with Crippen LogP contribution in [0.25, 0.3) is 0 Å². The predicted molar refractivity (Wildman–Crippen MR) is 66.9 cm³/mol. The Balaban J connectivity index is 3.08. The molecular formula is C13H11FN2O4. The Hall–Kier alpha value is -2.88. The van der Waals surface area contributed by atoms with Gasteiger partial charge in [0.25, 0.3) is 0 Å². The Kier molecular flexibility index (Phi) is 5.23. The van der Waals surface area contributed by atoms with Crippen LogP contribution in [0.5, 0.6) is 0 Å². The van der Waals surface area contributed by atoms with Crippen LogP contribution in [0.4, 0.5) is 10.1 Å². The summed E-state index contributed by atoms with van der Waals surface area (Å²) in [6.07, 6.45) is 0.837. The van der Waals surface area contributed by atoms with Crippen molar-refractivity contribution in [2.45, 2.75) is 0 Å². The topological polar surface area (TPSA) is 88.4 Å². The van der Waals surface area contributed by atoms with Gasteiger partial charge in [-0.05, 0) is 18.2 Å². The van der Waals surface area contributed by atoms with E-state index in [1.165, 1.54) is 12.1 Å². The Labute approximate surface area is 114 Å². The number of nitrogens with zero attached hydrogens (tertiary/aromatic N) is 1. The number of halogens is 1. The largest absolute Gasteiger partial charge is 0.466 e. The molecule has 104 valence electrons. The maximum absolute atomic E-state index is 13.7. The summed E-state index contributed by atoms with van der Waals surface area (Å²) in [5.74, 6) is -2.41. The van der Waals surface area contributed by atoms with Crippen molar-refractivity contribution in [2.75, 3.05) is 19.5 Å². The molecule has 0 amide bonds. The highest BCUT2D eigenvalue weighted by Gasteiger charge is 2.14. The number of nitriles is 1. The summed E-state index contributed by atoms with van der Waals surface area (Å²) < 4.78 is 22.5. The van der Waals surface area contributed by atoms with Gasteiger partial charge >= 0.3 is 11.9 Å². The molecule has 0 saturated carbocycles. The third-order valence-corrected chi connectivity index (χ3v) is 2.24. The molecule has 0 aliphatic heterocycles.